The number of amides is 1. The summed E-state index contributed by atoms with van der Waals surface area (Å²) in [7, 11) is 0. The number of nitrogens with one attached hydrogen (secondary N) is 1. The van der Waals surface area contributed by atoms with Crippen molar-refractivity contribution in [3.8, 4) is 6.07 Å². The van der Waals surface area contributed by atoms with Crippen LogP contribution in [0.5, 0.6) is 0 Å². The molecule has 0 aromatic carbocycles. The lowest BCUT2D eigenvalue weighted by molar-refractivity contribution is -0.113. The normalized spacial score (nSPS) is 11.1. The SMILES string of the molecule is Cc1cc(C)n2c(SCC(=O)Nc3c(C#N)c(C)c(C)n3Cc3cccs3)nnc2n1. The summed E-state index contributed by atoms with van der Waals surface area (Å²) in [5.74, 6) is 0.988. The summed E-state index contributed by atoms with van der Waals surface area (Å²) in [4.78, 5) is 18.3. The van der Waals surface area contributed by atoms with E-state index in [9.17, 15) is 10.1 Å². The van der Waals surface area contributed by atoms with Gasteiger partial charge in [-0.15, -0.1) is 21.5 Å². The van der Waals surface area contributed by atoms with Gasteiger partial charge in [-0.1, -0.05) is 17.8 Å². The van der Waals surface area contributed by atoms with E-state index in [1.54, 1.807) is 11.3 Å². The molecule has 0 aliphatic heterocycles. The average Bonchev–Trinajstić information content (AvgIpc) is 3.43. The highest BCUT2D eigenvalue weighted by atomic mass is 32.2. The van der Waals surface area contributed by atoms with E-state index in [1.807, 2.05) is 60.2 Å². The topological polar surface area (TPSA) is 101 Å². The van der Waals surface area contributed by atoms with E-state index in [4.69, 9.17) is 0 Å². The first kappa shape index (κ1) is 21.1. The molecule has 31 heavy (non-hydrogen) atoms. The predicted molar refractivity (Wildman–Crippen MR) is 122 cm³/mol. The van der Waals surface area contributed by atoms with Crippen LogP contribution in [-0.4, -0.2) is 35.8 Å². The largest absolute Gasteiger partial charge is 0.325 e. The fourth-order valence-electron chi connectivity index (χ4n) is 3.48. The number of rotatable bonds is 6. The van der Waals surface area contributed by atoms with E-state index in [2.05, 4.69) is 26.6 Å². The molecule has 0 saturated carbocycles. The van der Waals surface area contributed by atoms with Crippen molar-refractivity contribution >= 4 is 40.6 Å². The van der Waals surface area contributed by atoms with E-state index >= 15 is 0 Å². The zero-order valence-electron chi connectivity index (χ0n) is 17.6. The van der Waals surface area contributed by atoms with Gasteiger partial charge in [-0.05, 0) is 50.8 Å². The molecule has 0 fully saturated rings. The summed E-state index contributed by atoms with van der Waals surface area (Å²) >= 11 is 2.93. The minimum absolute atomic E-state index is 0.140. The van der Waals surface area contributed by atoms with Crippen molar-refractivity contribution in [1.29, 1.82) is 5.26 Å². The fraction of sp³-hybridized carbons (Fsp3) is 0.286. The minimum atomic E-state index is -0.207. The third kappa shape index (κ3) is 4.06. The van der Waals surface area contributed by atoms with Crippen LogP contribution in [0.25, 0.3) is 5.78 Å². The number of aryl methyl sites for hydroxylation is 2. The molecule has 0 bridgehead atoms. The Morgan fingerprint density at radius 2 is 2.10 bits per heavy atom. The van der Waals surface area contributed by atoms with Crippen molar-refractivity contribution in [3.63, 3.8) is 0 Å². The molecule has 10 heteroatoms. The zero-order chi connectivity index (χ0) is 22.1. The van der Waals surface area contributed by atoms with Crippen molar-refractivity contribution in [1.82, 2.24) is 24.1 Å². The second-order valence-corrected chi connectivity index (χ2v) is 9.18. The van der Waals surface area contributed by atoms with Gasteiger partial charge in [0.25, 0.3) is 5.78 Å². The Labute approximate surface area is 187 Å². The van der Waals surface area contributed by atoms with E-state index in [0.29, 0.717) is 28.9 Å². The molecular formula is C21H21N7OS2. The van der Waals surface area contributed by atoms with Crippen LogP contribution in [0.4, 0.5) is 5.82 Å². The van der Waals surface area contributed by atoms with Crippen LogP contribution in [0, 0.1) is 39.0 Å². The van der Waals surface area contributed by atoms with Crippen LogP contribution in [0.15, 0.2) is 28.7 Å². The molecule has 0 aliphatic carbocycles. The van der Waals surface area contributed by atoms with Gasteiger partial charge >= 0.3 is 0 Å². The smallest absolute Gasteiger partial charge is 0.256 e. The Morgan fingerprint density at radius 3 is 2.81 bits per heavy atom. The number of hydrogen-bond acceptors (Lipinski definition) is 7. The molecule has 4 heterocycles. The molecule has 1 N–H and O–H groups in total. The maximum atomic E-state index is 12.8. The van der Waals surface area contributed by atoms with Gasteiger partial charge in [0.05, 0.1) is 17.9 Å². The molecule has 0 atom stereocenters. The van der Waals surface area contributed by atoms with Crippen molar-refractivity contribution in [2.45, 2.75) is 39.4 Å². The van der Waals surface area contributed by atoms with Crippen LogP contribution >= 0.6 is 23.1 Å². The van der Waals surface area contributed by atoms with Gasteiger partial charge in [0.15, 0.2) is 5.16 Å². The molecule has 0 radical (unpaired) electrons. The second-order valence-electron chi connectivity index (χ2n) is 7.21. The molecule has 4 aromatic heterocycles. The number of aromatic nitrogens is 5. The minimum Gasteiger partial charge on any atom is -0.325 e. The lowest BCUT2D eigenvalue weighted by Crippen LogP contribution is -2.18. The number of thiophene rings is 1. The van der Waals surface area contributed by atoms with Gasteiger partial charge in [0.1, 0.15) is 11.9 Å². The first-order valence-corrected chi connectivity index (χ1v) is 11.5. The Hall–Kier alpha value is -3.16. The molecule has 0 unspecified atom stereocenters. The standard InChI is InChI=1S/C21H21N7OS2/c1-12-8-13(2)28-20(23-12)25-26-21(28)31-11-18(29)24-19-17(9-22)14(3)15(4)27(19)10-16-6-5-7-30-16/h5-8H,10-11H2,1-4H3,(H,24,29). The summed E-state index contributed by atoms with van der Waals surface area (Å²) in [5, 5.41) is 23.5. The monoisotopic (exact) mass is 451 g/mol. The maximum Gasteiger partial charge on any atom is 0.256 e. The molecule has 0 saturated heterocycles. The van der Waals surface area contributed by atoms with Gasteiger partial charge < -0.3 is 9.88 Å². The lowest BCUT2D eigenvalue weighted by Gasteiger charge is -2.12. The number of carbonyl (C=O) groups excluding carboxylic acids is 1. The van der Waals surface area contributed by atoms with Crippen molar-refractivity contribution in [3.05, 3.63) is 56.7 Å². The van der Waals surface area contributed by atoms with E-state index < -0.39 is 0 Å². The Bertz CT molecular complexity index is 1310. The first-order valence-electron chi connectivity index (χ1n) is 9.63. The van der Waals surface area contributed by atoms with Gasteiger partial charge in [0.2, 0.25) is 5.91 Å². The lowest BCUT2D eigenvalue weighted by atomic mass is 10.2. The summed E-state index contributed by atoms with van der Waals surface area (Å²) in [6.45, 7) is 8.34. The average molecular weight is 452 g/mol. The molecular weight excluding hydrogens is 430 g/mol. The van der Waals surface area contributed by atoms with Crippen LogP contribution in [0.1, 0.15) is 33.1 Å². The van der Waals surface area contributed by atoms with Gasteiger partial charge in [-0.3, -0.25) is 9.20 Å². The number of anilines is 1. The summed E-state index contributed by atoms with van der Waals surface area (Å²) in [5.41, 5.74) is 4.16. The molecule has 0 aliphatic rings. The van der Waals surface area contributed by atoms with Gasteiger partial charge in [-0.2, -0.15) is 5.26 Å². The van der Waals surface area contributed by atoms with Crippen LogP contribution < -0.4 is 5.32 Å². The number of thioether (sulfide) groups is 1. The van der Waals surface area contributed by atoms with Crippen LogP contribution in [0.3, 0.4) is 0 Å². The van der Waals surface area contributed by atoms with E-state index in [0.717, 1.165) is 27.5 Å². The van der Waals surface area contributed by atoms with E-state index in [-0.39, 0.29) is 11.7 Å². The third-order valence-electron chi connectivity index (χ3n) is 5.09. The third-order valence-corrected chi connectivity index (χ3v) is 6.88. The number of nitrogens with zero attached hydrogens (tertiary/aromatic N) is 6. The second kappa shape index (κ2) is 8.53. The Balaban J connectivity index is 1.55. The number of nitriles is 1. The molecule has 0 spiro atoms. The number of hydrogen-bond donors (Lipinski definition) is 1. The summed E-state index contributed by atoms with van der Waals surface area (Å²) < 4.78 is 3.82. The number of fused-ring (bicyclic) bond motifs is 1. The van der Waals surface area contributed by atoms with Crippen molar-refractivity contribution in [2.75, 3.05) is 11.1 Å². The van der Waals surface area contributed by atoms with Crippen LogP contribution in [-0.2, 0) is 11.3 Å². The quantitative estimate of drug-likeness (QED) is 0.447. The highest BCUT2D eigenvalue weighted by molar-refractivity contribution is 7.99. The maximum absolute atomic E-state index is 12.8. The van der Waals surface area contributed by atoms with Crippen molar-refractivity contribution in [2.24, 2.45) is 0 Å². The predicted octanol–water partition coefficient (Wildman–Crippen LogP) is 3.87. The molecule has 158 valence electrons. The van der Waals surface area contributed by atoms with Crippen molar-refractivity contribution < 1.29 is 4.79 Å². The fourth-order valence-corrected chi connectivity index (χ4v) is 4.96. The molecule has 1 amide bonds. The summed E-state index contributed by atoms with van der Waals surface area (Å²) in [6, 6.07) is 8.23. The summed E-state index contributed by atoms with van der Waals surface area (Å²) in [6.07, 6.45) is 0. The van der Waals surface area contributed by atoms with E-state index in [1.165, 1.54) is 11.8 Å². The number of carbonyl (C=O) groups is 1. The first-order chi connectivity index (χ1) is 14.9. The van der Waals surface area contributed by atoms with Crippen LogP contribution in [0.2, 0.25) is 0 Å². The van der Waals surface area contributed by atoms with Gasteiger partial charge in [0, 0.05) is 22.0 Å². The molecule has 4 aromatic rings. The van der Waals surface area contributed by atoms with Gasteiger partial charge in [-0.25, -0.2) is 4.98 Å². The highest BCUT2D eigenvalue weighted by Crippen LogP contribution is 2.28. The zero-order valence-corrected chi connectivity index (χ0v) is 19.3. The highest BCUT2D eigenvalue weighted by Gasteiger charge is 2.20. The molecule has 8 nitrogen and oxygen atoms in total. The molecule has 4 rings (SSSR count). The Morgan fingerprint density at radius 1 is 1.29 bits per heavy atom. The Kier molecular flexibility index (Phi) is 5.80.